The van der Waals surface area contributed by atoms with Gasteiger partial charge >= 0.3 is 5.97 Å². The number of carbonyl (C=O) groups excluding carboxylic acids is 1. The van der Waals surface area contributed by atoms with Gasteiger partial charge in [-0.25, -0.2) is 9.67 Å². The van der Waals surface area contributed by atoms with E-state index in [0.717, 1.165) is 10.0 Å². The Morgan fingerprint density at radius 2 is 2.15 bits per heavy atom. The van der Waals surface area contributed by atoms with E-state index in [4.69, 9.17) is 4.74 Å². The second-order valence-electron chi connectivity index (χ2n) is 5.43. The fourth-order valence-electron chi connectivity index (χ4n) is 1.46. The van der Waals surface area contributed by atoms with Crippen LogP contribution in [-0.2, 0) is 16.3 Å². The van der Waals surface area contributed by atoms with Crippen LogP contribution < -0.4 is 0 Å². The van der Waals surface area contributed by atoms with Gasteiger partial charge < -0.3 is 4.74 Å². The van der Waals surface area contributed by atoms with Crippen molar-refractivity contribution in [1.29, 1.82) is 0 Å². The second kappa shape index (κ2) is 5.75. The molecule has 6 heteroatoms. The topological polar surface area (TPSA) is 57.0 Å². The average Bonchev–Trinajstić information content (AvgIpc) is 2.83. The van der Waals surface area contributed by atoms with Crippen LogP contribution in [0.2, 0.25) is 0 Å². The first-order valence-electron chi connectivity index (χ1n) is 6.19. The molecule has 0 atom stereocenters. The van der Waals surface area contributed by atoms with Gasteiger partial charge in [0.2, 0.25) is 0 Å². The van der Waals surface area contributed by atoms with Gasteiger partial charge in [-0.15, -0.1) is 5.10 Å². The Morgan fingerprint density at radius 3 is 2.80 bits per heavy atom. The summed E-state index contributed by atoms with van der Waals surface area (Å²) in [5.74, 6) is 0.329. The summed E-state index contributed by atoms with van der Waals surface area (Å²) in [7, 11) is 0. The van der Waals surface area contributed by atoms with E-state index < -0.39 is 5.41 Å². The molecule has 0 amide bonds. The number of halogens is 1. The lowest BCUT2D eigenvalue weighted by Crippen LogP contribution is -2.24. The maximum atomic E-state index is 11.7. The number of esters is 1. The van der Waals surface area contributed by atoms with Crippen molar-refractivity contribution in [2.45, 2.75) is 27.5 Å². The summed E-state index contributed by atoms with van der Waals surface area (Å²) in [6.45, 7) is 5.49. The highest BCUT2D eigenvalue weighted by atomic mass is 79.9. The highest BCUT2D eigenvalue weighted by molar-refractivity contribution is 9.10. The van der Waals surface area contributed by atoms with E-state index in [1.54, 1.807) is 6.33 Å². The first-order valence-corrected chi connectivity index (χ1v) is 6.98. The van der Waals surface area contributed by atoms with Gasteiger partial charge in [-0.2, -0.15) is 0 Å². The van der Waals surface area contributed by atoms with E-state index in [1.165, 1.54) is 4.68 Å². The maximum Gasteiger partial charge on any atom is 0.313 e. The average molecular weight is 338 g/mol. The molecule has 0 saturated heterocycles. The minimum absolute atomic E-state index is 0.0666. The summed E-state index contributed by atoms with van der Waals surface area (Å²) in [4.78, 5) is 15.9. The fourth-order valence-corrected chi connectivity index (χ4v) is 1.86. The molecule has 0 fully saturated rings. The maximum absolute atomic E-state index is 11.7. The zero-order valence-corrected chi connectivity index (χ0v) is 13.2. The SMILES string of the molecule is CC(C)(C)C(=O)OCn1cnc(-c2cccc(Br)c2)n1. The number of carbonyl (C=O) groups is 1. The van der Waals surface area contributed by atoms with Crippen LogP contribution in [0.5, 0.6) is 0 Å². The Morgan fingerprint density at radius 1 is 1.40 bits per heavy atom. The third-order valence-corrected chi connectivity index (χ3v) is 3.05. The monoisotopic (exact) mass is 337 g/mol. The zero-order valence-electron chi connectivity index (χ0n) is 11.6. The van der Waals surface area contributed by atoms with Gasteiger partial charge in [0.25, 0.3) is 0 Å². The molecular formula is C14H16BrN3O2. The Hall–Kier alpha value is -1.69. The summed E-state index contributed by atoms with van der Waals surface area (Å²) < 4.78 is 7.64. The van der Waals surface area contributed by atoms with Crippen LogP contribution in [0.15, 0.2) is 35.1 Å². The zero-order chi connectivity index (χ0) is 14.8. The van der Waals surface area contributed by atoms with Crippen molar-refractivity contribution in [3.63, 3.8) is 0 Å². The first-order chi connectivity index (χ1) is 9.36. The molecule has 0 aliphatic rings. The lowest BCUT2D eigenvalue weighted by Gasteiger charge is -2.16. The third-order valence-electron chi connectivity index (χ3n) is 2.56. The standard InChI is InChI=1S/C14H16BrN3O2/c1-14(2,3)13(19)20-9-18-8-16-12(17-18)10-5-4-6-11(15)7-10/h4-8H,9H2,1-3H3. The molecule has 0 bridgehead atoms. The van der Waals surface area contributed by atoms with Crippen LogP contribution in [0.3, 0.4) is 0 Å². The fraction of sp³-hybridized carbons (Fsp3) is 0.357. The van der Waals surface area contributed by atoms with Gasteiger partial charge in [0.15, 0.2) is 12.6 Å². The van der Waals surface area contributed by atoms with E-state index >= 15 is 0 Å². The van der Waals surface area contributed by atoms with Crippen molar-refractivity contribution in [1.82, 2.24) is 14.8 Å². The molecule has 2 aromatic rings. The molecule has 0 aliphatic heterocycles. The Labute approximate surface area is 126 Å². The number of rotatable bonds is 3. The summed E-state index contributed by atoms with van der Waals surface area (Å²) >= 11 is 3.41. The largest absolute Gasteiger partial charge is 0.442 e. The summed E-state index contributed by atoms with van der Waals surface area (Å²) in [5.41, 5.74) is 0.383. The molecule has 1 aromatic heterocycles. The molecule has 0 unspecified atom stereocenters. The first kappa shape index (κ1) is 14.7. The predicted molar refractivity (Wildman–Crippen MR) is 78.7 cm³/mol. The van der Waals surface area contributed by atoms with Crippen LogP contribution in [0.4, 0.5) is 0 Å². The number of aromatic nitrogens is 3. The summed E-state index contributed by atoms with van der Waals surface area (Å²) in [6, 6.07) is 7.71. The molecule has 0 radical (unpaired) electrons. The second-order valence-corrected chi connectivity index (χ2v) is 6.34. The normalized spacial score (nSPS) is 11.4. The van der Waals surface area contributed by atoms with Crippen molar-refractivity contribution >= 4 is 21.9 Å². The lowest BCUT2D eigenvalue weighted by atomic mass is 9.98. The lowest BCUT2D eigenvalue weighted by molar-refractivity contribution is -0.157. The molecule has 2 rings (SSSR count). The molecule has 0 spiro atoms. The van der Waals surface area contributed by atoms with Crippen molar-refractivity contribution in [2.24, 2.45) is 5.41 Å². The Bertz CT molecular complexity index is 617. The minimum Gasteiger partial charge on any atom is -0.442 e. The van der Waals surface area contributed by atoms with Crippen LogP contribution >= 0.6 is 15.9 Å². The molecule has 0 aliphatic carbocycles. The summed E-state index contributed by atoms with van der Waals surface area (Å²) in [6.07, 6.45) is 1.55. The third kappa shape index (κ3) is 3.66. The number of benzene rings is 1. The highest BCUT2D eigenvalue weighted by Crippen LogP contribution is 2.19. The van der Waals surface area contributed by atoms with Gasteiger partial charge in [0.05, 0.1) is 5.41 Å². The van der Waals surface area contributed by atoms with Crippen molar-refractivity contribution in [3.8, 4) is 11.4 Å². The van der Waals surface area contributed by atoms with Gasteiger partial charge in [-0.3, -0.25) is 4.79 Å². The van der Waals surface area contributed by atoms with Crippen molar-refractivity contribution in [3.05, 3.63) is 35.1 Å². The van der Waals surface area contributed by atoms with Gasteiger partial charge in [-0.05, 0) is 32.9 Å². The molecule has 0 N–H and O–H groups in total. The van der Waals surface area contributed by atoms with Crippen LogP contribution in [0.25, 0.3) is 11.4 Å². The van der Waals surface area contributed by atoms with E-state index in [1.807, 2.05) is 45.0 Å². The predicted octanol–water partition coefficient (Wildman–Crippen LogP) is 3.25. The van der Waals surface area contributed by atoms with Gasteiger partial charge in [0, 0.05) is 10.0 Å². The van der Waals surface area contributed by atoms with Crippen LogP contribution in [0.1, 0.15) is 20.8 Å². The number of hydrogen-bond donors (Lipinski definition) is 0. The number of nitrogens with zero attached hydrogens (tertiary/aromatic N) is 3. The quantitative estimate of drug-likeness (QED) is 0.806. The molecule has 0 saturated carbocycles. The van der Waals surface area contributed by atoms with E-state index in [2.05, 4.69) is 26.0 Å². The Balaban J connectivity index is 2.05. The van der Waals surface area contributed by atoms with Crippen molar-refractivity contribution in [2.75, 3.05) is 0 Å². The van der Waals surface area contributed by atoms with Gasteiger partial charge in [0.1, 0.15) is 6.33 Å². The highest BCUT2D eigenvalue weighted by Gasteiger charge is 2.23. The molecule has 5 nitrogen and oxygen atoms in total. The van der Waals surface area contributed by atoms with E-state index in [-0.39, 0.29) is 12.7 Å². The number of ether oxygens (including phenoxy) is 1. The molecule has 1 aromatic carbocycles. The molecule has 1 heterocycles. The smallest absolute Gasteiger partial charge is 0.313 e. The minimum atomic E-state index is -0.520. The number of hydrogen-bond acceptors (Lipinski definition) is 4. The Kier molecular flexibility index (Phi) is 4.23. The van der Waals surface area contributed by atoms with Crippen molar-refractivity contribution < 1.29 is 9.53 Å². The van der Waals surface area contributed by atoms with Crippen LogP contribution in [0, 0.1) is 5.41 Å². The van der Waals surface area contributed by atoms with E-state index in [9.17, 15) is 4.79 Å². The molecule has 20 heavy (non-hydrogen) atoms. The van der Waals surface area contributed by atoms with Gasteiger partial charge in [-0.1, -0.05) is 28.1 Å². The van der Waals surface area contributed by atoms with Crippen LogP contribution in [-0.4, -0.2) is 20.7 Å². The molecular weight excluding hydrogens is 322 g/mol. The molecule has 106 valence electrons. The van der Waals surface area contributed by atoms with E-state index in [0.29, 0.717) is 5.82 Å². The summed E-state index contributed by atoms with van der Waals surface area (Å²) in [5, 5.41) is 4.28.